The van der Waals surface area contributed by atoms with Crippen LogP contribution in [0.5, 0.6) is 0 Å². The van der Waals surface area contributed by atoms with Gasteiger partial charge in [-0.25, -0.2) is 4.57 Å². The van der Waals surface area contributed by atoms with Crippen molar-refractivity contribution in [1.82, 2.24) is 5.32 Å². The summed E-state index contributed by atoms with van der Waals surface area (Å²) in [6.45, 7) is 4.53. The zero-order valence-corrected chi connectivity index (χ0v) is 38.3. The van der Waals surface area contributed by atoms with Gasteiger partial charge >= 0.3 is 7.82 Å². The van der Waals surface area contributed by atoms with Crippen LogP contribution in [-0.4, -0.2) is 73.4 Å². The summed E-state index contributed by atoms with van der Waals surface area (Å²) in [7, 11) is 1.54. The molecule has 0 saturated carbocycles. The number of amides is 1. The molecule has 3 N–H and O–H groups in total. The number of hydrogen-bond donors (Lipinski definition) is 3. The number of hydrogen-bond acceptors (Lipinski definition) is 5. The van der Waals surface area contributed by atoms with Crippen molar-refractivity contribution in [2.75, 3.05) is 40.9 Å². The molecule has 3 atom stereocenters. The number of carbonyl (C=O) groups is 1. The molecule has 9 heteroatoms. The Bertz CT molecular complexity index is 1010. The zero-order valence-electron chi connectivity index (χ0n) is 37.4. The minimum Gasteiger partial charge on any atom is -0.387 e. The van der Waals surface area contributed by atoms with Gasteiger partial charge < -0.3 is 19.8 Å². The van der Waals surface area contributed by atoms with Gasteiger partial charge in [0.05, 0.1) is 39.9 Å². The molecule has 0 aromatic heterocycles. The molecule has 0 spiro atoms. The third-order valence-electron chi connectivity index (χ3n) is 10.3. The molecule has 0 aromatic rings. The highest BCUT2D eigenvalue weighted by molar-refractivity contribution is 7.47. The predicted octanol–water partition coefficient (Wildman–Crippen LogP) is 13.1. The van der Waals surface area contributed by atoms with Gasteiger partial charge in [-0.05, 0) is 44.9 Å². The van der Waals surface area contributed by atoms with Gasteiger partial charge in [0.15, 0.2) is 0 Å². The fourth-order valence-corrected chi connectivity index (χ4v) is 7.32. The van der Waals surface area contributed by atoms with E-state index in [1.807, 2.05) is 34.1 Å². The number of rotatable bonds is 42. The monoisotopic (exact) mass is 812 g/mol. The summed E-state index contributed by atoms with van der Waals surface area (Å²) >= 11 is 0. The molecule has 3 unspecified atom stereocenters. The third-order valence-corrected chi connectivity index (χ3v) is 11.3. The number of aliphatic hydroxyl groups excluding tert-OH is 1. The van der Waals surface area contributed by atoms with E-state index < -0.39 is 20.0 Å². The lowest BCUT2D eigenvalue weighted by molar-refractivity contribution is -0.870. The van der Waals surface area contributed by atoms with Crippen molar-refractivity contribution in [3.8, 4) is 0 Å². The van der Waals surface area contributed by atoms with Crippen LogP contribution in [0.15, 0.2) is 36.5 Å². The van der Waals surface area contributed by atoms with Crippen molar-refractivity contribution >= 4 is 13.7 Å². The molecular formula is C47H92N2O6P+. The summed E-state index contributed by atoms with van der Waals surface area (Å²) in [5, 5.41) is 13.5. The summed E-state index contributed by atoms with van der Waals surface area (Å²) in [5.74, 6) is -0.227. The zero-order chi connectivity index (χ0) is 41.4. The fourth-order valence-electron chi connectivity index (χ4n) is 6.58. The standard InChI is InChI=1S/C47H91N2O6P/c1-6-8-10-11-12-13-14-15-16-17-18-19-20-21-22-23-24-25-26-27-28-29-30-31-32-33-34-35-36-37-38-39-40-46(50)45(48-47(51)41-9-7-2)44-55-56(52,53)54-43-42-49(3,4)5/h31-32,35-36,39-40,45-46,50H,6-30,33-34,37-38,41-44H2,1-5H3,(H-,48,51,52,53)/p+1/b32-31+,36-35+,40-39+. The highest BCUT2D eigenvalue weighted by atomic mass is 31.2. The number of nitrogens with zero attached hydrogens (tertiary/aromatic N) is 1. The van der Waals surface area contributed by atoms with Crippen LogP contribution in [-0.2, 0) is 18.4 Å². The van der Waals surface area contributed by atoms with E-state index in [0.29, 0.717) is 17.4 Å². The summed E-state index contributed by atoms with van der Waals surface area (Å²) in [6, 6.07) is -0.862. The number of likely N-dealkylation sites (N-methyl/N-ethyl adjacent to an activating group) is 1. The molecule has 330 valence electrons. The first-order valence-electron chi connectivity index (χ1n) is 23.4. The molecule has 0 bridgehead atoms. The van der Waals surface area contributed by atoms with Gasteiger partial charge in [0.25, 0.3) is 0 Å². The highest BCUT2D eigenvalue weighted by Crippen LogP contribution is 2.43. The molecule has 0 aliphatic heterocycles. The molecule has 0 aromatic carbocycles. The Labute approximate surface area is 347 Å². The molecular weight excluding hydrogens is 719 g/mol. The molecule has 0 radical (unpaired) electrons. The number of unbranched alkanes of at least 4 members (excludes halogenated alkanes) is 25. The van der Waals surface area contributed by atoms with Crippen LogP contribution >= 0.6 is 7.82 Å². The van der Waals surface area contributed by atoms with E-state index in [-0.39, 0.29) is 19.1 Å². The van der Waals surface area contributed by atoms with Crippen molar-refractivity contribution < 1.29 is 32.9 Å². The maximum Gasteiger partial charge on any atom is 0.472 e. The Kier molecular flexibility index (Phi) is 38.3. The number of allylic oxidation sites excluding steroid dienone is 5. The van der Waals surface area contributed by atoms with Gasteiger partial charge in [-0.1, -0.05) is 192 Å². The second-order valence-corrected chi connectivity index (χ2v) is 18.6. The maximum absolute atomic E-state index is 12.4. The van der Waals surface area contributed by atoms with E-state index in [4.69, 9.17) is 9.05 Å². The molecule has 56 heavy (non-hydrogen) atoms. The minimum atomic E-state index is -4.32. The van der Waals surface area contributed by atoms with Crippen molar-refractivity contribution in [3.63, 3.8) is 0 Å². The van der Waals surface area contributed by atoms with Gasteiger partial charge in [0.2, 0.25) is 5.91 Å². The highest BCUT2D eigenvalue weighted by Gasteiger charge is 2.27. The molecule has 0 saturated heterocycles. The smallest absolute Gasteiger partial charge is 0.387 e. The topological polar surface area (TPSA) is 105 Å². The third kappa shape index (κ3) is 40.9. The number of quaternary nitrogens is 1. The average molecular weight is 812 g/mol. The molecule has 0 heterocycles. The van der Waals surface area contributed by atoms with Crippen LogP contribution in [0.4, 0.5) is 0 Å². The Morgan fingerprint density at radius 2 is 0.982 bits per heavy atom. The average Bonchev–Trinajstić information content (AvgIpc) is 3.15. The van der Waals surface area contributed by atoms with E-state index in [2.05, 4.69) is 36.5 Å². The van der Waals surface area contributed by atoms with Gasteiger partial charge in [0.1, 0.15) is 13.2 Å². The lowest BCUT2D eigenvalue weighted by Gasteiger charge is -2.25. The van der Waals surface area contributed by atoms with Crippen molar-refractivity contribution in [3.05, 3.63) is 36.5 Å². The number of phosphoric acid groups is 1. The first-order valence-corrected chi connectivity index (χ1v) is 24.9. The normalized spacial score (nSPS) is 14.6. The molecule has 1 amide bonds. The quantitative estimate of drug-likeness (QED) is 0.0245. The number of phosphoric ester groups is 1. The van der Waals surface area contributed by atoms with Gasteiger partial charge in [0, 0.05) is 6.42 Å². The van der Waals surface area contributed by atoms with E-state index in [9.17, 15) is 19.4 Å². The van der Waals surface area contributed by atoms with Crippen LogP contribution in [0.1, 0.15) is 206 Å². The largest absolute Gasteiger partial charge is 0.472 e. The second kappa shape index (κ2) is 39.2. The first kappa shape index (κ1) is 54.7. The molecule has 8 nitrogen and oxygen atoms in total. The van der Waals surface area contributed by atoms with E-state index in [1.54, 1.807) is 6.08 Å². The van der Waals surface area contributed by atoms with Crippen molar-refractivity contribution in [1.29, 1.82) is 0 Å². The predicted molar refractivity (Wildman–Crippen MR) is 240 cm³/mol. The first-order chi connectivity index (χ1) is 27.0. The number of aliphatic hydroxyl groups is 1. The molecule has 0 fully saturated rings. The fraction of sp³-hybridized carbons (Fsp3) is 0.851. The van der Waals surface area contributed by atoms with Gasteiger partial charge in [-0.15, -0.1) is 0 Å². The van der Waals surface area contributed by atoms with Gasteiger partial charge in [-0.3, -0.25) is 13.8 Å². The van der Waals surface area contributed by atoms with Crippen LogP contribution in [0.25, 0.3) is 0 Å². The van der Waals surface area contributed by atoms with Crippen LogP contribution in [0.2, 0.25) is 0 Å². The minimum absolute atomic E-state index is 0.0523. The summed E-state index contributed by atoms with van der Waals surface area (Å²) in [5.41, 5.74) is 0. The maximum atomic E-state index is 12.4. The Morgan fingerprint density at radius 1 is 0.589 bits per heavy atom. The SMILES string of the molecule is CCCCCCCCCCCCCCCCCCCCCCCC/C=C/CC/C=C/CC/C=C/C(O)C(COP(=O)(O)OCC[N+](C)(C)C)NC(=O)CCCC. The van der Waals surface area contributed by atoms with Crippen LogP contribution < -0.4 is 5.32 Å². The molecule has 0 aliphatic rings. The number of carbonyl (C=O) groups excluding carboxylic acids is 1. The van der Waals surface area contributed by atoms with Crippen LogP contribution in [0.3, 0.4) is 0 Å². The summed E-state index contributed by atoms with van der Waals surface area (Å²) in [4.78, 5) is 22.5. The van der Waals surface area contributed by atoms with Crippen molar-refractivity contribution in [2.24, 2.45) is 0 Å². The van der Waals surface area contributed by atoms with E-state index in [0.717, 1.165) is 38.5 Å². The molecule has 0 aliphatic carbocycles. The second-order valence-electron chi connectivity index (χ2n) is 17.1. The summed E-state index contributed by atoms with van der Waals surface area (Å²) < 4.78 is 23.2. The Hall–Kier alpha value is -1.28. The van der Waals surface area contributed by atoms with Crippen LogP contribution in [0, 0.1) is 0 Å². The van der Waals surface area contributed by atoms with E-state index in [1.165, 1.54) is 148 Å². The lowest BCUT2D eigenvalue weighted by atomic mass is 10.0. The number of nitrogens with one attached hydrogen (secondary N) is 1. The van der Waals surface area contributed by atoms with E-state index >= 15 is 0 Å². The van der Waals surface area contributed by atoms with Gasteiger partial charge in [-0.2, -0.15) is 0 Å². The lowest BCUT2D eigenvalue weighted by Crippen LogP contribution is -2.45. The Balaban J connectivity index is 3.86. The summed E-state index contributed by atoms with van der Waals surface area (Å²) in [6.07, 6.45) is 49.5. The molecule has 0 rings (SSSR count). The Morgan fingerprint density at radius 3 is 1.41 bits per heavy atom. The van der Waals surface area contributed by atoms with Crippen molar-refractivity contribution in [2.45, 2.75) is 219 Å².